The van der Waals surface area contributed by atoms with Crippen molar-refractivity contribution in [3.63, 3.8) is 0 Å². The molecule has 80 valence electrons. The molecule has 0 aliphatic rings. The van der Waals surface area contributed by atoms with Crippen molar-refractivity contribution in [3.05, 3.63) is 23.1 Å². The van der Waals surface area contributed by atoms with Gasteiger partial charge in [0.25, 0.3) is 0 Å². The monoisotopic (exact) mass is 217 g/mol. The Hall–Kier alpha value is -0.510. The number of aliphatic hydroxyl groups is 1. The first-order valence-corrected chi connectivity index (χ1v) is 4.97. The van der Waals surface area contributed by atoms with E-state index in [-0.39, 0.29) is 5.54 Å². The van der Waals surface area contributed by atoms with Crippen LogP contribution in [0.2, 0.25) is 5.22 Å². The number of rotatable bonds is 4. The van der Waals surface area contributed by atoms with Gasteiger partial charge in [-0.15, -0.1) is 0 Å². The fourth-order valence-corrected chi connectivity index (χ4v) is 1.07. The Morgan fingerprint density at radius 1 is 1.57 bits per heavy atom. The van der Waals surface area contributed by atoms with Gasteiger partial charge in [-0.05, 0) is 44.5 Å². The van der Waals surface area contributed by atoms with Crippen molar-refractivity contribution >= 4 is 11.6 Å². The molecule has 0 aromatic carbocycles. The van der Waals surface area contributed by atoms with Gasteiger partial charge in [-0.2, -0.15) is 0 Å². The highest BCUT2D eigenvalue weighted by molar-refractivity contribution is 6.28. The topological polar surface area (TPSA) is 45.4 Å². The summed E-state index contributed by atoms with van der Waals surface area (Å²) in [6.45, 7) is 6.18. The summed E-state index contributed by atoms with van der Waals surface area (Å²) in [5, 5.41) is 13.0. The fraction of sp³-hybridized carbons (Fsp3) is 0.600. The van der Waals surface area contributed by atoms with Crippen LogP contribution in [-0.2, 0) is 6.54 Å². The SMILES string of the molecule is CC(O)C(C)(C)NCc1ccc(Cl)o1. The summed E-state index contributed by atoms with van der Waals surface area (Å²) in [5.41, 5.74) is -0.334. The fourth-order valence-electron chi connectivity index (χ4n) is 0.909. The number of furan rings is 1. The smallest absolute Gasteiger partial charge is 0.193 e. The van der Waals surface area contributed by atoms with Gasteiger partial charge in [0.2, 0.25) is 0 Å². The van der Waals surface area contributed by atoms with E-state index in [1.54, 1.807) is 13.0 Å². The van der Waals surface area contributed by atoms with E-state index in [4.69, 9.17) is 16.0 Å². The summed E-state index contributed by atoms with van der Waals surface area (Å²) >= 11 is 5.63. The van der Waals surface area contributed by atoms with E-state index in [2.05, 4.69) is 5.32 Å². The lowest BCUT2D eigenvalue weighted by Gasteiger charge is -2.29. The molecule has 2 N–H and O–H groups in total. The van der Waals surface area contributed by atoms with Crippen LogP contribution in [0.4, 0.5) is 0 Å². The van der Waals surface area contributed by atoms with Gasteiger partial charge >= 0.3 is 0 Å². The second kappa shape index (κ2) is 4.34. The van der Waals surface area contributed by atoms with Crippen LogP contribution in [0.3, 0.4) is 0 Å². The van der Waals surface area contributed by atoms with Crippen LogP contribution in [0.1, 0.15) is 26.5 Å². The lowest BCUT2D eigenvalue weighted by Crippen LogP contribution is -2.47. The predicted molar refractivity (Wildman–Crippen MR) is 56.3 cm³/mol. The molecule has 0 saturated carbocycles. The molecule has 0 spiro atoms. The third-order valence-electron chi connectivity index (χ3n) is 2.39. The van der Waals surface area contributed by atoms with Crippen LogP contribution < -0.4 is 5.32 Å². The summed E-state index contributed by atoms with van der Waals surface area (Å²) in [6, 6.07) is 3.52. The zero-order chi connectivity index (χ0) is 10.8. The number of hydrogen-bond acceptors (Lipinski definition) is 3. The molecular formula is C10H16ClNO2. The highest BCUT2D eigenvalue weighted by Crippen LogP contribution is 2.15. The van der Waals surface area contributed by atoms with Gasteiger partial charge in [-0.1, -0.05) is 0 Å². The van der Waals surface area contributed by atoms with Crippen LogP contribution in [0, 0.1) is 0 Å². The van der Waals surface area contributed by atoms with Crippen LogP contribution in [0.5, 0.6) is 0 Å². The first-order valence-electron chi connectivity index (χ1n) is 4.59. The van der Waals surface area contributed by atoms with Crippen LogP contribution >= 0.6 is 11.6 Å². The van der Waals surface area contributed by atoms with E-state index in [9.17, 15) is 5.11 Å². The molecular weight excluding hydrogens is 202 g/mol. The quantitative estimate of drug-likeness (QED) is 0.813. The van der Waals surface area contributed by atoms with E-state index in [1.165, 1.54) is 0 Å². The lowest BCUT2D eigenvalue weighted by atomic mass is 9.99. The Bertz CT molecular complexity index is 294. The molecule has 3 nitrogen and oxygen atoms in total. The molecule has 1 unspecified atom stereocenters. The Labute approximate surface area is 89.1 Å². The summed E-state index contributed by atoms with van der Waals surface area (Å²) in [5.74, 6) is 0.767. The number of nitrogens with one attached hydrogen (secondary N) is 1. The van der Waals surface area contributed by atoms with Crippen LogP contribution in [0.25, 0.3) is 0 Å². The maximum absolute atomic E-state index is 9.44. The molecule has 1 rings (SSSR count). The summed E-state index contributed by atoms with van der Waals surface area (Å²) in [4.78, 5) is 0. The zero-order valence-electron chi connectivity index (χ0n) is 8.67. The van der Waals surface area contributed by atoms with E-state index in [1.807, 2.05) is 19.9 Å². The van der Waals surface area contributed by atoms with E-state index >= 15 is 0 Å². The molecule has 1 aromatic rings. The van der Waals surface area contributed by atoms with Crippen molar-refractivity contribution in [2.45, 2.75) is 39.0 Å². The third-order valence-corrected chi connectivity index (χ3v) is 2.59. The minimum absolute atomic E-state index is 0.334. The van der Waals surface area contributed by atoms with E-state index in [0.29, 0.717) is 11.8 Å². The normalized spacial score (nSPS) is 14.4. The second-order valence-corrected chi connectivity index (χ2v) is 4.33. The summed E-state index contributed by atoms with van der Waals surface area (Å²) < 4.78 is 5.18. The minimum Gasteiger partial charge on any atom is -0.448 e. The molecule has 1 aromatic heterocycles. The molecule has 0 bridgehead atoms. The first kappa shape index (κ1) is 11.6. The summed E-state index contributed by atoms with van der Waals surface area (Å²) in [6.07, 6.45) is -0.423. The van der Waals surface area contributed by atoms with E-state index < -0.39 is 6.10 Å². The highest BCUT2D eigenvalue weighted by Gasteiger charge is 2.23. The Balaban J connectivity index is 2.48. The van der Waals surface area contributed by atoms with Crippen LogP contribution in [0.15, 0.2) is 16.5 Å². The van der Waals surface area contributed by atoms with Gasteiger partial charge in [-0.3, -0.25) is 0 Å². The molecule has 1 atom stereocenters. The highest BCUT2D eigenvalue weighted by atomic mass is 35.5. The minimum atomic E-state index is -0.423. The van der Waals surface area contributed by atoms with Crippen molar-refractivity contribution in [1.29, 1.82) is 0 Å². The number of hydrogen-bond donors (Lipinski definition) is 2. The molecule has 0 fully saturated rings. The maximum atomic E-state index is 9.44. The lowest BCUT2D eigenvalue weighted by molar-refractivity contribution is 0.0942. The number of aliphatic hydroxyl groups excluding tert-OH is 1. The van der Waals surface area contributed by atoms with Crippen LogP contribution in [-0.4, -0.2) is 16.7 Å². The molecule has 1 heterocycles. The van der Waals surface area contributed by atoms with Crippen molar-refractivity contribution < 1.29 is 9.52 Å². The molecule has 0 radical (unpaired) electrons. The van der Waals surface area contributed by atoms with Gasteiger partial charge < -0.3 is 14.8 Å². The summed E-state index contributed by atoms with van der Waals surface area (Å²) in [7, 11) is 0. The molecule has 0 aliphatic heterocycles. The molecule has 0 saturated heterocycles. The van der Waals surface area contributed by atoms with Crippen molar-refractivity contribution in [2.75, 3.05) is 0 Å². The second-order valence-electron chi connectivity index (χ2n) is 3.96. The molecule has 4 heteroatoms. The third kappa shape index (κ3) is 3.01. The van der Waals surface area contributed by atoms with Crippen molar-refractivity contribution in [3.8, 4) is 0 Å². The molecule has 0 amide bonds. The van der Waals surface area contributed by atoms with E-state index in [0.717, 1.165) is 5.76 Å². The van der Waals surface area contributed by atoms with Crippen molar-refractivity contribution in [1.82, 2.24) is 5.32 Å². The molecule has 14 heavy (non-hydrogen) atoms. The maximum Gasteiger partial charge on any atom is 0.193 e. The van der Waals surface area contributed by atoms with Gasteiger partial charge in [0.05, 0.1) is 12.6 Å². The average Bonchev–Trinajstić information content (AvgIpc) is 2.48. The Kier molecular flexibility index (Phi) is 3.59. The Morgan fingerprint density at radius 3 is 2.64 bits per heavy atom. The molecule has 0 aliphatic carbocycles. The Morgan fingerprint density at radius 2 is 2.21 bits per heavy atom. The van der Waals surface area contributed by atoms with Gasteiger partial charge in [0, 0.05) is 5.54 Å². The largest absolute Gasteiger partial charge is 0.448 e. The van der Waals surface area contributed by atoms with Gasteiger partial charge in [0.1, 0.15) is 5.76 Å². The first-order chi connectivity index (χ1) is 6.42. The van der Waals surface area contributed by atoms with Gasteiger partial charge in [0.15, 0.2) is 5.22 Å². The van der Waals surface area contributed by atoms with Crippen molar-refractivity contribution in [2.24, 2.45) is 0 Å². The number of halogens is 1. The standard InChI is InChI=1S/C10H16ClNO2/c1-7(13)10(2,3)12-6-8-4-5-9(11)14-8/h4-5,7,12-13H,6H2,1-3H3. The average molecular weight is 218 g/mol. The predicted octanol–water partition coefficient (Wildman–Crippen LogP) is 2.18. The zero-order valence-corrected chi connectivity index (χ0v) is 9.43. The van der Waals surface area contributed by atoms with Gasteiger partial charge in [-0.25, -0.2) is 0 Å².